The van der Waals surface area contributed by atoms with Gasteiger partial charge in [0, 0.05) is 5.02 Å². The standard InChI is InChI=1S/C12H10Cl2N2O/c1-7-3-10(4-8(2)11(7)14)17-12-15-5-9(13)6-16-12/h3-6H,1-2H3. The van der Waals surface area contributed by atoms with Crippen LogP contribution in [0.3, 0.4) is 0 Å². The monoisotopic (exact) mass is 268 g/mol. The maximum absolute atomic E-state index is 6.07. The predicted molar refractivity (Wildman–Crippen MR) is 68.0 cm³/mol. The minimum atomic E-state index is 0.260. The number of ether oxygens (including phenoxy) is 1. The average molecular weight is 269 g/mol. The van der Waals surface area contributed by atoms with Crippen LogP contribution in [0.15, 0.2) is 24.5 Å². The molecule has 0 spiro atoms. The lowest BCUT2D eigenvalue weighted by Crippen LogP contribution is -1.92. The number of hydrogen-bond donors (Lipinski definition) is 0. The highest BCUT2D eigenvalue weighted by atomic mass is 35.5. The molecular formula is C12H10Cl2N2O. The summed E-state index contributed by atoms with van der Waals surface area (Å²) in [5, 5.41) is 1.22. The third kappa shape index (κ3) is 2.87. The van der Waals surface area contributed by atoms with Crippen LogP contribution in [-0.4, -0.2) is 9.97 Å². The second-order valence-electron chi connectivity index (χ2n) is 3.66. The quantitative estimate of drug-likeness (QED) is 0.819. The maximum atomic E-state index is 6.07. The summed E-state index contributed by atoms with van der Waals surface area (Å²) in [5.74, 6) is 0.659. The van der Waals surface area contributed by atoms with E-state index >= 15 is 0 Å². The van der Waals surface area contributed by atoms with E-state index in [1.54, 1.807) is 0 Å². The van der Waals surface area contributed by atoms with Crippen molar-refractivity contribution in [1.29, 1.82) is 0 Å². The van der Waals surface area contributed by atoms with Crippen molar-refractivity contribution in [2.45, 2.75) is 13.8 Å². The largest absolute Gasteiger partial charge is 0.424 e. The molecule has 0 aliphatic carbocycles. The van der Waals surface area contributed by atoms with E-state index < -0.39 is 0 Å². The summed E-state index contributed by atoms with van der Waals surface area (Å²) in [5.41, 5.74) is 1.91. The van der Waals surface area contributed by atoms with Gasteiger partial charge in [-0.25, -0.2) is 9.97 Å². The van der Waals surface area contributed by atoms with Gasteiger partial charge in [0.15, 0.2) is 0 Å². The smallest absolute Gasteiger partial charge is 0.321 e. The first-order valence-corrected chi connectivity index (χ1v) is 5.74. The van der Waals surface area contributed by atoms with Crippen LogP contribution >= 0.6 is 23.2 Å². The van der Waals surface area contributed by atoms with E-state index in [-0.39, 0.29) is 6.01 Å². The summed E-state index contributed by atoms with van der Waals surface area (Å²) in [6.07, 6.45) is 2.97. The van der Waals surface area contributed by atoms with Gasteiger partial charge in [0.05, 0.1) is 17.4 Å². The maximum Gasteiger partial charge on any atom is 0.321 e. The molecule has 0 aliphatic rings. The van der Waals surface area contributed by atoms with Gasteiger partial charge < -0.3 is 4.74 Å². The summed E-state index contributed by atoms with van der Waals surface area (Å²) >= 11 is 11.8. The molecule has 3 nitrogen and oxygen atoms in total. The molecule has 0 fully saturated rings. The molecule has 88 valence electrons. The Morgan fingerprint density at radius 2 is 1.53 bits per heavy atom. The van der Waals surface area contributed by atoms with E-state index in [1.165, 1.54) is 12.4 Å². The Bertz CT molecular complexity index is 518. The van der Waals surface area contributed by atoms with Crippen molar-refractivity contribution in [2.75, 3.05) is 0 Å². The number of halogens is 2. The number of aryl methyl sites for hydroxylation is 2. The fourth-order valence-electron chi connectivity index (χ4n) is 1.42. The molecule has 1 aromatic heterocycles. The van der Waals surface area contributed by atoms with Gasteiger partial charge in [-0.15, -0.1) is 0 Å². The van der Waals surface area contributed by atoms with Gasteiger partial charge in [-0.1, -0.05) is 23.2 Å². The first kappa shape index (κ1) is 12.1. The minimum Gasteiger partial charge on any atom is -0.424 e. The summed E-state index contributed by atoms with van der Waals surface area (Å²) in [6.45, 7) is 3.84. The van der Waals surface area contributed by atoms with Gasteiger partial charge in [0.25, 0.3) is 0 Å². The molecule has 1 aromatic carbocycles. The summed E-state index contributed by atoms with van der Waals surface area (Å²) in [4.78, 5) is 7.91. The zero-order valence-corrected chi connectivity index (χ0v) is 10.9. The van der Waals surface area contributed by atoms with Crippen LogP contribution in [0.5, 0.6) is 11.8 Å². The van der Waals surface area contributed by atoms with E-state index in [0.29, 0.717) is 10.8 Å². The SMILES string of the molecule is Cc1cc(Oc2ncc(Cl)cn2)cc(C)c1Cl. The molecule has 1 heterocycles. The number of benzene rings is 1. The summed E-state index contributed by atoms with van der Waals surface area (Å²) in [6, 6.07) is 3.94. The van der Waals surface area contributed by atoms with Crippen LogP contribution in [-0.2, 0) is 0 Å². The van der Waals surface area contributed by atoms with Gasteiger partial charge in [0.1, 0.15) is 5.75 Å². The molecule has 17 heavy (non-hydrogen) atoms. The van der Waals surface area contributed by atoms with Crippen LogP contribution in [0.25, 0.3) is 0 Å². The first-order valence-electron chi connectivity index (χ1n) is 4.98. The van der Waals surface area contributed by atoms with Crippen LogP contribution in [0, 0.1) is 13.8 Å². The molecule has 2 rings (SSSR count). The zero-order valence-electron chi connectivity index (χ0n) is 9.37. The molecule has 0 bridgehead atoms. The predicted octanol–water partition coefficient (Wildman–Crippen LogP) is 4.19. The highest BCUT2D eigenvalue weighted by Gasteiger charge is 2.05. The Morgan fingerprint density at radius 1 is 1.00 bits per heavy atom. The second kappa shape index (κ2) is 4.90. The second-order valence-corrected chi connectivity index (χ2v) is 4.47. The summed E-state index contributed by atoms with van der Waals surface area (Å²) < 4.78 is 5.51. The van der Waals surface area contributed by atoms with Gasteiger partial charge in [-0.05, 0) is 37.1 Å². The third-order valence-electron chi connectivity index (χ3n) is 2.22. The van der Waals surface area contributed by atoms with Gasteiger partial charge in [-0.3, -0.25) is 0 Å². The van der Waals surface area contributed by atoms with Crippen molar-refractivity contribution in [3.8, 4) is 11.8 Å². The zero-order chi connectivity index (χ0) is 12.4. The van der Waals surface area contributed by atoms with E-state index in [4.69, 9.17) is 27.9 Å². The Morgan fingerprint density at radius 3 is 2.06 bits per heavy atom. The van der Waals surface area contributed by atoms with E-state index in [0.717, 1.165) is 16.1 Å². The molecule has 0 N–H and O–H groups in total. The fourth-order valence-corrected chi connectivity index (χ4v) is 1.63. The molecule has 0 aliphatic heterocycles. The Kier molecular flexibility index (Phi) is 3.50. The molecule has 5 heteroatoms. The molecular weight excluding hydrogens is 259 g/mol. The van der Waals surface area contributed by atoms with Crippen LogP contribution < -0.4 is 4.74 Å². The molecule has 2 aromatic rings. The molecule has 0 amide bonds. The summed E-state index contributed by atoms with van der Waals surface area (Å²) in [7, 11) is 0. The van der Waals surface area contributed by atoms with Crippen LogP contribution in [0.1, 0.15) is 11.1 Å². The molecule has 0 saturated carbocycles. The van der Waals surface area contributed by atoms with Gasteiger partial charge >= 0.3 is 6.01 Å². The molecule has 0 atom stereocenters. The Labute approximate surface area is 109 Å². The number of rotatable bonds is 2. The van der Waals surface area contributed by atoms with Crippen LogP contribution in [0.2, 0.25) is 10.0 Å². The van der Waals surface area contributed by atoms with Crippen molar-refractivity contribution in [2.24, 2.45) is 0 Å². The van der Waals surface area contributed by atoms with Crippen molar-refractivity contribution < 1.29 is 4.74 Å². The van der Waals surface area contributed by atoms with Crippen molar-refractivity contribution in [3.05, 3.63) is 45.7 Å². The Balaban J connectivity index is 2.27. The average Bonchev–Trinajstić information content (AvgIpc) is 2.29. The van der Waals surface area contributed by atoms with Gasteiger partial charge in [-0.2, -0.15) is 0 Å². The highest BCUT2D eigenvalue weighted by Crippen LogP contribution is 2.27. The van der Waals surface area contributed by atoms with Crippen LogP contribution in [0.4, 0.5) is 0 Å². The lowest BCUT2D eigenvalue weighted by atomic mass is 10.1. The molecule has 0 saturated heterocycles. The lowest BCUT2D eigenvalue weighted by molar-refractivity contribution is 0.441. The van der Waals surface area contributed by atoms with Crippen molar-refractivity contribution >= 4 is 23.2 Å². The normalized spacial score (nSPS) is 10.4. The fraction of sp³-hybridized carbons (Fsp3) is 0.167. The minimum absolute atomic E-state index is 0.260. The van der Waals surface area contributed by atoms with E-state index in [2.05, 4.69) is 9.97 Å². The molecule has 0 unspecified atom stereocenters. The lowest BCUT2D eigenvalue weighted by Gasteiger charge is -2.07. The van der Waals surface area contributed by atoms with Crippen molar-refractivity contribution in [3.63, 3.8) is 0 Å². The topological polar surface area (TPSA) is 35.0 Å². The first-order chi connectivity index (χ1) is 8.06. The van der Waals surface area contributed by atoms with E-state index in [1.807, 2.05) is 26.0 Å². The third-order valence-corrected chi connectivity index (χ3v) is 3.01. The molecule has 0 radical (unpaired) electrons. The highest BCUT2D eigenvalue weighted by molar-refractivity contribution is 6.32. The number of nitrogens with zero attached hydrogens (tertiary/aromatic N) is 2. The van der Waals surface area contributed by atoms with Crippen molar-refractivity contribution in [1.82, 2.24) is 9.97 Å². The van der Waals surface area contributed by atoms with Gasteiger partial charge in [0.2, 0.25) is 0 Å². The van der Waals surface area contributed by atoms with E-state index in [9.17, 15) is 0 Å². The Hall–Kier alpha value is -1.32. The number of aromatic nitrogens is 2. The number of hydrogen-bond acceptors (Lipinski definition) is 3.